The third-order valence-electron chi connectivity index (χ3n) is 4.78. The van der Waals surface area contributed by atoms with E-state index < -0.39 is 60.2 Å². The molecule has 1 aromatic carbocycles. The first-order valence-electron chi connectivity index (χ1n) is 10.7. The summed E-state index contributed by atoms with van der Waals surface area (Å²) >= 11 is 3.93. The van der Waals surface area contributed by atoms with Crippen molar-refractivity contribution in [1.82, 2.24) is 16.0 Å². The van der Waals surface area contributed by atoms with E-state index in [0.717, 1.165) is 0 Å². The Morgan fingerprint density at radius 1 is 0.882 bits per heavy atom. The lowest BCUT2D eigenvalue weighted by Gasteiger charge is -2.26. The van der Waals surface area contributed by atoms with E-state index in [1.165, 1.54) is 0 Å². The number of carbonyl (C=O) groups is 5. The summed E-state index contributed by atoms with van der Waals surface area (Å²) in [4.78, 5) is 60.4. The first-order valence-corrected chi connectivity index (χ1v) is 11.3. The van der Waals surface area contributed by atoms with Gasteiger partial charge in [-0.25, -0.2) is 4.79 Å². The van der Waals surface area contributed by atoms with Gasteiger partial charge in [-0.3, -0.25) is 19.2 Å². The van der Waals surface area contributed by atoms with Crippen molar-refractivity contribution in [2.45, 2.75) is 57.3 Å². The molecular formula is C22H32N4O7S. The Morgan fingerprint density at radius 3 is 1.91 bits per heavy atom. The molecular weight excluding hydrogens is 464 g/mol. The van der Waals surface area contributed by atoms with Crippen LogP contribution in [0.25, 0.3) is 0 Å². The zero-order chi connectivity index (χ0) is 25.8. The van der Waals surface area contributed by atoms with Crippen molar-refractivity contribution < 1.29 is 34.2 Å². The zero-order valence-electron chi connectivity index (χ0n) is 19.1. The van der Waals surface area contributed by atoms with Gasteiger partial charge in [0.1, 0.15) is 18.1 Å². The number of hydrogen-bond donors (Lipinski definition) is 7. The summed E-state index contributed by atoms with van der Waals surface area (Å²) in [6, 6.07) is 3.95. The van der Waals surface area contributed by atoms with E-state index in [2.05, 4.69) is 28.6 Å². The summed E-state index contributed by atoms with van der Waals surface area (Å²) in [6.45, 7) is 3.64. The van der Waals surface area contributed by atoms with Crippen LogP contribution in [-0.2, 0) is 30.4 Å². The molecule has 34 heavy (non-hydrogen) atoms. The molecule has 0 spiro atoms. The van der Waals surface area contributed by atoms with Crippen LogP contribution in [-0.4, -0.2) is 69.8 Å². The highest BCUT2D eigenvalue weighted by Gasteiger charge is 2.31. The van der Waals surface area contributed by atoms with Crippen molar-refractivity contribution >= 4 is 42.3 Å². The highest BCUT2D eigenvalue weighted by molar-refractivity contribution is 7.80. The summed E-state index contributed by atoms with van der Waals surface area (Å²) in [6.07, 6.45) is -0.342. The Bertz CT molecular complexity index is 866. The summed E-state index contributed by atoms with van der Waals surface area (Å²) < 4.78 is 0. The van der Waals surface area contributed by atoms with Gasteiger partial charge in [-0.2, -0.15) is 12.6 Å². The van der Waals surface area contributed by atoms with E-state index in [0.29, 0.717) is 5.56 Å². The van der Waals surface area contributed by atoms with Crippen molar-refractivity contribution in [2.24, 2.45) is 11.7 Å². The molecule has 0 aliphatic heterocycles. The third-order valence-corrected chi connectivity index (χ3v) is 5.15. The van der Waals surface area contributed by atoms with Gasteiger partial charge in [-0.1, -0.05) is 44.2 Å². The van der Waals surface area contributed by atoms with Crippen LogP contribution >= 0.6 is 12.6 Å². The average Bonchev–Trinajstić information content (AvgIpc) is 2.75. The lowest BCUT2D eigenvalue weighted by Crippen LogP contribution is -2.58. The van der Waals surface area contributed by atoms with Gasteiger partial charge in [0, 0.05) is 12.2 Å². The highest BCUT2D eigenvalue weighted by Crippen LogP contribution is 2.09. The molecule has 4 atom stereocenters. The second-order valence-corrected chi connectivity index (χ2v) is 8.59. The summed E-state index contributed by atoms with van der Waals surface area (Å²) in [5.41, 5.74) is 6.31. The zero-order valence-corrected chi connectivity index (χ0v) is 20.0. The average molecular weight is 497 g/mol. The van der Waals surface area contributed by atoms with Crippen LogP contribution in [0.5, 0.6) is 0 Å². The van der Waals surface area contributed by atoms with Crippen molar-refractivity contribution in [1.29, 1.82) is 0 Å². The largest absolute Gasteiger partial charge is 0.481 e. The summed E-state index contributed by atoms with van der Waals surface area (Å²) in [5, 5.41) is 25.5. The van der Waals surface area contributed by atoms with Crippen molar-refractivity contribution in [2.75, 3.05) is 5.75 Å². The fourth-order valence-electron chi connectivity index (χ4n) is 3.05. The van der Waals surface area contributed by atoms with Crippen LogP contribution in [0.4, 0.5) is 0 Å². The van der Waals surface area contributed by atoms with Crippen molar-refractivity contribution in [3.63, 3.8) is 0 Å². The van der Waals surface area contributed by atoms with Gasteiger partial charge in [0.05, 0.1) is 12.5 Å². The minimum atomic E-state index is -1.35. The Morgan fingerprint density at radius 2 is 1.41 bits per heavy atom. The standard InChI is InChI=1S/C22H32N4O7S/c1-12(2)8-15(24-19(29)14(23)10-18(27)28)20(30)25-16(9-13-6-4-3-5-7-13)21(31)26-17(11-34)22(32)33/h3-7,12,14-17,34H,8-11,23H2,1-2H3,(H,24,29)(H,25,30)(H,26,31)(H,27,28)(H,32,33). The first kappa shape index (κ1) is 28.9. The van der Waals surface area contributed by atoms with Crippen LogP contribution in [0.2, 0.25) is 0 Å². The molecule has 0 radical (unpaired) electrons. The molecule has 1 aromatic rings. The number of hydrogen-bond acceptors (Lipinski definition) is 7. The number of nitrogens with one attached hydrogen (secondary N) is 3. The van der Waals surface area contributed by atoms with Crippen LogP contribution in [0.3, 0.4) is 0 Å². The minimum absolute atomic E-state index is 0.0336. The Hall–Kier alpha value is -3.12. The van der Waals surface area contributed by atoms with Gasteiger partial charge >= 0.3 is 11.9 Å². The quantitative estimate of drug-likeness (QED) is 0.169. The maximum Gasteiger partial charge on any atom is 0.327 e. The minimum Gasteiger partial charge on any atom is -0.481 e. The van der Waals surface area contributed by atoms with Crippen LogP contribution in [0, 0.1) is 5.92 Å². The molecule has 0 aromatic heterocycles. The van der Waals surface area contributed by atoms with E-state index >= 15 is 0 Å². The molecule has 0 bridgehead atoms. The molecule has 0 saturated carbocycles. The number of carboxylic acids is 2. The van der Waals surface area contributed by atoms with E-state index in [4.69, 9.17) is 10.8 Å². The number of aliphatic carboxylic acids is 2. The number of nitrogens with two attached hydrogens (primary N) is 1. The maximum atomic E-state index is 13.1. The first-order chi connectivity index (χ1) is 15.9. The molecule has 0 saturated heterocycles. The Kier molecular flexibility index (Phi) is 12.1. The van der Waals surface area contributed by atoms with Gasteiger partial charge in [0.25, 0.3) is 0 Å². The number of carbonyl (C=O) groups excluding carboxylic acids is 3. The third kappa shape index (κ3) is 10.2. The molecule has 0 aliphatic carbocycles. The number of rotatable bonds is 14. The van der Waals surface area contributed by atoms with Gasteiger partial charge in [0.15, 0.2) is 0 Å². The van der Waals surface area contributed by atoms with Crippen LogP contribution in [0.15, 0.2) is 30.3 Å². The lowest BCUT2D eigenvalue weighted by molar-refractivity contribution is -0.141. The van der Waals surface area contributed by atoms with Crippen molar-refractivity contribution in [3.05, 3.63) is 35.9 Å². The van der Waals surface area contributed by atoms with E-state index in [-0.39, 0.29) is 24.5 Å². The molecule has 188 valence electrons. The predicted octanol–water partition coefficient (Wildman–Crippen LogP) is -0.454. The van der Waals surface area contributed by atoms with Gasteiger partial charge in [0.2, 0.25) is 17.7 Å². The second kappa shape index (κ2) is 14.2. The molecule has 0 aliphatic rings. The second-order valence-electron chi connectivity index (χ2n) is 8.23. The molecule has 12 heteroatoms. The fourth-order valence-corrected chi connectivity index (χ4v) is 3.30. The molecule has 1 rings (SSSR count). The number of thiol groups is 1. The Labute approximate surface area is 203 Å². The van der Waals surface area contributed by atoms with Gasteiger partial charge in [-0.15, -0.1) is 0 Å². The summed E-state index contributed by atoms with van der Waals surface area (Å²) in [7, 11) is 0. The van der Waals surface area contributed by atoms with Crippen LogP contribution < -0.4 is 21.7 Å². The maximum absolute atomic E-state index is 13.1. The van der Waals surface area contributed by atoms with Crippen LogP contribution in [0.1, 0.15) is 32.3 Å². The molecule has 7 N–H and O–H groups in total. The summed E-state index contributed by atoms with van der Waals surface area (Å²) in [5.74, 6) is -4.94. The number of carboxylic acid groups (broad SMARTS) is 2. The highest BCUT2D eigenvalue weighted by atomic mass is 32.1. The SMILES string of the molecule is CC(C)CC(NC(=O)C(N)CC(=O)O)C(=O)NC(Cc1ccccc1)C(=O)NC(CS)C(=O)O. The topological polar surface area (TPSA) is 188 Å². The molecule has 11 nitrogen and oxygen atoms in total. The lowest BCUT2D eigenvalue weighted by atomic mass is 10.0. The van der Waals surface area contributed by atoms with E-state index in [1.54, 1.807) is 30.3 Å². The van der Waals surface area contributed by atoms with Gasteiger partial charge < -0.3 is 31.9 Å². The molecule has 0 fully saturated rings. The smallest absolute Gasteiger partial charge is 0.327 e. The van der Waals surface area contributed by atoms with Crippen molar-refractivity contribution in [3.8, 4) is 0 Å². The molecule has 3 amide bonds. The Balaban J connectivity index is 3.08. The molecule has 4 unspecified atom stereocenters. The number of benzene rings is 1. The number of amides is 3. The van der Waals surface area contributed by atoms with Gasteiger partial charge in [-0.05, 0) is 17.9 Å². The molecule has 0 heterocycles. The monoisotopic (exact) mass is 496 g/mol. The van der Waals surface area contributed by atoms with E-state index in [9.17, 15) is 29.1 Å². The van der Waals surface area contributed by atoms with E-state index in [1.807, 2.05) is 13.8 Å². The normalized spacial score (nSPS) is 14.4. The fraction of sp³-hybridized carbons (Fsp3) is 0.500. The predicted molar refractivity (Wildman–Crippen MR) is 127 cm³/mol.